The molecule has 2 aromatic heterocycles. The number of carbonyl (C=O) groups excluding carboxylic acids is 1. The molecular formula is C19H16ClN3O2. The summed E-state index contributed by atoms with van der Waals surface area (Å²) >= 11 is 6.36. The van der Waals surface area contributed by atoms with Gasteiger partial charge in [-0.15, -0.1) is 0 Å². The number of halogens is 1. The topological polar surface area (TPSA) is 58.4 Å². The van der Waals surface area contributed by atoms with Crippen molar-refractivity contribution in [2.24, 2.45) is 0 Å². The SMILES string of the molecule is Cc1ccc(N[C@@H]2c3ncccc3C(=O)N2Cc2ccco2)c(Cl)c1. The second kappa shape index (κ2) is 6.26. The number of aryl methyl sites for hydroxylation is 1. The molecule has 1 aromatic carbocycles. The molecular weight excluding hydrogens is 338 g/mol. The van der Waals surface area contributed by atoms with Gasteiger partial charge >= 0.3 is 0 Å². The van der Waals surface area contributed by atoms with Crippen molar-refractivity contribution in [2.75, 3.05) is 5.32 Å². The average molecular weight is 354 g/mol. The third-order valence-corrected chi connectivity index (χ3v) is 4.54. The van der Waals surface area contributed by atoms with Gasteiger partial charge in [0.25, 0.3) is 5.91 Å². The van der Waals surface area contributed by atoms with E-state index in [-0.39, 0.29) is 5.91 Å². The lowest BCUT2D eigenvalue weighted by molar-refractivity contribution is 0.0714. The normalized spacial score (nSPS) is 16.2. The van der Waals surface area contributed by atoms with Gasteiger partial charge < -0.3 is 14.6 Å². The van der Waals surface area contributed by atoms with Gasteiger partial charge in [0.1, 0.15) is 11.9 Å². The van der Waals surface area contributed by atoms with Gasteiger partial charge in [0.05, 0.1) is 34.8 Å². The molecule has 1 amide bonds. The van der Waals surface area contributed by atoms with Crippen molar-refractivity contribution < 1.29 is 9.21 Å². The molecule has 5 nitrogen and oxygen atoms in total. The lowest BCUT2D eigenvalue weighted by Gasteiger charge is -2.26. The number of aromatic nitrogens is 1. The van der Waals surface area contributed by atoms with Crippen LogP contribution in [0.5, 0.6) is 0 Å². The van der Waals surface area contributed by atoms with Gasteiger partial charge in [-0.3, -0.25) is 9.78 Å². The Bertz CT molecular complexity index is 924. The maximum Gasteiger partial charge on any atom is 0.258 e. The van der Waals surface area contributed by atoms with E-state index < -0.39 is 6.17 Å². The van der Waals surface area contributed by atoms with E-state index in [1.807, 2.05) is 31.2 Å². The minimum absolute atomic E-state index is 0.0831. The lowest BCUT2D eigenvalue weighted by Crippen LogP contribution is -2.32. The van der Waals surface area contributed by atoms with E-state index in [1.54, 1.807) is 35.6 Å². The number of benzene rings is 1. The van der Waals surface area contributed by atoms with Crippen molar-refractivity contribution >= 4 is 23.2 Å². The van der Waals surface area contributed by atoms with Crippen LogP contribution in [-0.4, -0.2) is 15.8 Å². The van der Waals surface area contributed by atoms with Crippen molar-refractivity contribution in [1.29, 1.82) is 0 Å². The summed E-state index contributed by atoms with van der Waals surface area (Å²) in [6.07, 6.45) is 2.88. The summed E-state index contributed by atoms with van der Waals surface area (Å²) in [6.45, 7) is 2.33. The van der Waals surface area contributed by atoms with Crippen molar-refractivity contribution in [1.82, 2.24) is 9.88 Å². The van der Waals surface area contributed by atoms with Crippen LogP contribution in [0.1, 0.15) is 33.5 Å². The predicted molar refractivity (Wildman–Crippen MR) is 95.4 cm³/mol. The minimum Gasteiger partial charge on any atom is -0.467 e. The van der Waals surface area contributed by atoms with Gasteiger partial charge in [0.15, 0.2) is 0 Å². The zero-order chi connectivity index (χ0) is 17.4. The Morgan fingerprint density at radius 3 is 2.92 bits per heavy atom. The quantitative estimate of drug-likeness (QED) is 0.755. The number of amides is 1. The molecule has 4 rings (SSSR count). The van der Waals surface area contributed by atoms with E-state index in [2.05, 4.69) is 10.3 Å². The molecule has 3 aromatic rings. The highest BCUT2D eigenvalue weighted by Crippen LogP contribution is 2.36. The summed E-state index contributed by atoms with van der Waals surface area (Å²) in [4.78, 5) is 19.0. The van der Waals surface area contributed by atoms with Crippen LogP contribution >= 0.6 is 11.6 Å². The van der Waals surface area contributed by atoms with Crippen LogP contribution in [0.2, 0.25) is 5.02 Å². The Hall–Kier alpha value is -2.79. The molecule has 1 atom stereocenters. The Balaban J connectivity index is 1.71. The first-order valence-corrected chi connectivity index (χ1v) is 8.32. The molecule has 1 aliphatic rings. The Morgan fingerprint density at radius 1 is 1.28 bits per heavy atom. The average Bonchev–Trinajstić information content (AvgIpc) is 3.20. The fraction of sp³-hybridized carbons (Fsp3) is 0.158. The van der Waals surface area contributed by atoms with Crippen LogP contribution in [0, 0.1) is 6.92 Å². The molecule has 126 valence electrons. The number of rotatable bonds is 4. The van der Waals surface area contributed by atoms with Gasteiger partial charge in [-0.05, 0) is 48.9 Å². The standard InChI is InChI=1S/C19H16ClN3O2/c1-12-6-7-16(15(20)10-12)22-18-17-14(5-2-8-21-17)19(24)23(18)11-13-4-3-9-25-13/h2-10,18,22H,11H2,1H3/t18-/m0/s1. The molecule has 3 heterocycles. The zero-order valence-electron chi connectivity index (χ0n) is 13.6. The van der Waals surface area contributed by atoms with Crippen LogP contribution in [0.25, 0.3) is 0 Å². The molecule has 0 unspecified atom stereocenters. The van der Waals surface area contributed by atoms with Gasteiger partial charge in [-0.2, -0.15) is 0 Å². The Kier molecular flexibility index (Phi) is 3.93. The van der Waals surface area contributed by atoms with E-state index in [1.165, 1.54) is 0 Å². The minimum atomic E-state index is -0.408. The second-order valence-electron chi connectivity index (χ2n) is 5.98. The summed E-state index contributed by atoms with van der Waals surface area (Å²) in [7, 11) is 0. The van der Waals surface area contributed by atoms with Crippen molar-refractivity contribution in [3.8, 4) is 0 Å². The Morgan fingerprint density at radius 2 is 2.16 bits per heavy atom. The number of nitrogens with one attached hydrogen (secondary N) is 1. The molecule has 0 radical (unpaired) electrons. The fourth-order valence-corrected chi connectivity index (χ4v) is 3.29. The number of hydrogen-bond donors (Lipinski definition) is 1. The molecule has 6 heteroatoms. The number of anilines is 1. The van der Waals surface area contributed by atoms with Gasteiger partial charge in [-0.1, -0.05) is 17.7 Å². The number of hydrogen-bond acceptors (Lipinski definition) is 4. The van der Waals surface area contributed by atoms with Crippen molar-refractivity contribution in [3.63, 3.8) is 0 Å². The predicted octanol–water partition coefficient (Wildman–Crippen LogP) is 4.40. The van der Waals surface area contributed by atoms with Crippen LogP contribution < -0.4 is 5.32 Å². The van der Waals surface area contributed by atoms with Crippen LogP contribution in [0.15, 0.2) is 59.3 Å². The van der Waals surface area contributed by atoms with Gasteiger partial charge in [0.2, 0.25) is 0 Å². The van der Waals surface area contributed by atoms with E-state index in [0.29, 0.717) is 28.6 Å². The first-order chi connectivity index (χ1) is 12.1. The lowest BCUT2D eigenvalue weighted by atomic mass is 10.2. The second-order valence-corrected chi connectivity index (χ2v) is 6.39. The monoisotopic (exact) mass is 353 g/mol. The molecule has 0 saturated carbocycles. The molecule has 25 heavy (non-hydrogen) atoms. The van der Waals surface area contributed by atoms with E-state index in [0.717, 1.165) is 11.3 Å². The molecule has 1 N–H and O–H groups in total. The maximum absolute atomic E-state index is 12.8. The highest BCUT2D eigenvalue weighted by molar-refractivity contribution is 6.33. The van der Waals surface area contributed by atoms with Crippen molar-refractivity contribution in [3.05, 3.63) is 82.5 Å². The number of pyridine rings is 1. The largest absolute Gasteiger partial charge is 0.467 e. The summed E-state index contributed by atoms with van der Waals surface area (Å²) in [5.41, 5.74) is 3.11. The maximum atomic E-state index is 12.8. The number of carbonyl (C=O) groups is 1. The summed E-state index contributed by atoms with van der Waals surface area (Å²) in [5.74, 6) is 0.628. The molecule has 1 aliphatic heterocycles. The van der Waals surface area contributed by atoms with Crippen molar-refractivity contribution in [2.45, 2.75) is 19.6 Å². The van der Waals surface area contributed by atoms with Crippen LogP contribution in [0.4, 0.5) is 5.69 Å². The molecule has 0 saturated heterocycles. The third-order valence-electron chi connectivity index (χ3n) is 4.22. The number of nitrogens with zero attached hydrogens (tertiary/aromatic N) is 2. The van der Waals surface area contributed by atoms with Gasteiger partial charge in [-0.25, -0.2) is 0 Å². The highest BCUT2D eigenvalue weighted by Gasteiger charge is 2.38. The first kappa shape index (κ1) is 15.7. The zero-order valence-corrected chi connectivity index (χ0v) is 14.3. The summed E-state index contributed by atoms with van der Waals surface area (Å²) in [6, 6.07) is 13.0. The molecule has 0 bridgehead atoms. The number of fused-ring (bicyclic) bond motifs is 1. The summed E-state index contributed by atoms with van der Waals surface area (Å²) in [5, 5.41) is 3.96. The van der Waals surface area contributed by atoms with E-state index in [9.17, 15) is 4.79 Å². The highest BCUT2D eigenvalue weighted by atomic mass is 35.5. The summed E-state index contributed by atoms with van der Waals surface area (Å²) < 4.78 is 5.41. The molecule has 0 fully saturated rings. The van der Waals surface area contributed by atoms with Crippen LogP contribution in [0.3, 0.4) is 0 Å². The van der Waals surface area contributed by atoms with Gasteiger partial charge in [0, 0.05) is 6.20 Å². The third kappa shape index (κ3) is 2.87. The molecule has 0 spiro atoms. The molecule has 0 aliphatic carbocycles. The first-order valence-electron chi connectivity index (χ1n) is 7.94. The number of furan rings is 1. The smallest absolute Gasteiger partial charge is 0.258 e. The van der Waals surface area contributed by atoms with E-state index >= 15 is 0 Å². The fourth-order valence-electron chi connectivity index (χ4n) is 3.00. The van der Waals surface area contributed by atoms with E-state index in [4.69, 9.17) is 16.0 Å². The van der Waals surface area contributed by atoms with Crippen LogP contribution in [-0.2, 0) is 6.54 Å². The Labute approximate surface area is 150 Å².